The topological polar surface area (TPSA) is 41.4 Å². The maximum atomic E-state index is 12.9. The van der Waals surface area contributed by atoms with Gasteiger partial charge in [0.2, 0.25) is 0 Å². The zero-order chi connectivity index (χ0) is 18.8. The second-order valence-electron chi connectivity index (χ2n) is 7.88. The molecule has 2 heterocycles. The molecule has 1 aromatic carbocycles. The van der Waals surface area contributed by atoms with Gasteiger partial charge in [-0.15, -0.1) is 0 Å². The quantitative estimate of drug-likeness (QED) is 0.835. The van der Waals surface area contributed by atoms with Crippen LogP contribution in [0.15, 0.2) is 30.5 Å². The number of fused-ring (bicyclic) bond motifs is 1. The molecule has 2 aromatic rings. The lowest BCUT2D eigenvalue weighted by molar-refractivity contribution is 0.0552. The van der Waals surface area contributed by atoms with Crippen LogP contribution in [-0.4, -0.2) is 57.7 Å². The van der Waals surface area contributed by atoms with E-state index in [1.54, 1.807) is 0 Å². The third-order valence-corrected chi connectivity index (χ3v) is 6.07. The van der Waals surface area contributed by atoms with Gasteiger partial charge in [-0.3, -0.25) is 14.4 Å². The first kappa shape index (κ1) is 18.2. The number of rotatable bonds is 4. The van der Waals surface area contributed by atoms with Crippen molar-refractivity contribution >= 4 is 5.91 Å². The van der Waals surface area contributed by atoms with Gasteiger partial charge in [-0.25, -0.2) is 0 Å². The van der Waals surface area contributed by atoms with Crippen LogP contribution in [0, 0.1) is 6.92 Å². The summed E-state index contributed by atoms with van der Waals surface area (Å²) in [5, 5.41) is 4.48. The summed E-state index contributed by atoms with van der Waals surface area (Å²) in [6.45, 7) is 8.51. The number of amides is 1. The minimum Gasteiger partial charge on any atom is -0.336 e. The first-order valence-corrected chi connectivity index (χ1v) is 10.3. The summed E-state index contributed by atoms with van der Waals surface area (Å²) in [5.74, 6) is 0.142. The van der Waals surface area contributed by atoms with Crippen LogP contribution in [0.25, 0.3) is 0 Å². The summed E-state index contributed by atoms with van der Waals surface area (Å²) < 4.78 is 1.90. The van der Waals surface area contributed by atoms with Crippen LogP contribution in [0.4, 0.5) is 0 Å². The Morgan fingerprint density at radius 1 is 1.15 bits per heavy atom. The maximum Gasteiger partial charge on any atom is 0.257 e. The Morgan fingerprint density at radius 2 is 1.89 bits per heavy atom. The zero-order valence-electron chi connectivity index (χ0n) is 16.5. The molecule has 1 aliphatic heterocycles. The van der Waals surface area contributed by atoms with E-state index in [9.17, 15) is 4.79 Å². The lowest BCUT2D eigenvalue weighted by atomic mass is 9.87. The van der Waals surface area contributed by atoms with E-state index in [4.69, 9.17) is 0 Å². The summed E-state index contributed by atoms with van der Waals surface area (Å²) in [7, 11) is 0. The fourth-order valence-electron chi connectivity index (χ4n) is 4.52. The van der Waals surface area contributed by atoms with Crippen LogP contribution in [0.1, 0.15) is 46.9 Å². The van der Waals surface area contributed by atoms with Gasteiger partial charge in [0.1, 0.15) is 0 Å². The van der Waals surface area contributed by atoms with E-state index in [0.29, 0.717) is 6.04 Å². The second kappa shape index (κ2) is 7.85. The highest BCUT2D eigenvalue weighted by Gasteiger charge is 2.29. The molecule has 27 heavy (non-hydrogen) atoms. The smallest absolute Gasteiger partial charge is 0.257 e. The number of piperazine rings is 1. The summed E-state index contributed by atoms with van der Waals surface area (Å²) >= 11 is 0. The van der Waals surface area contributed by atoms with Crippen LogP contribution >= 0.6 is 0 Å². The molecule has 2 aliphatic rings. The molecular weight excluding hydrogens is 336 g/mol. The largest absolute Gasteiger partial charge is 0.336 e. The molecule has 1 aromatic heterocycles. The van der Waals surface area contributed by atoms with Gasteiger partial charge in [0.15, 0.2) is 0 Å². The Labute approximate surface area is 162 Å². The molecule has 1 atom stereocenters. The van der Waals surface area contributed by atoms with Crippen molar-refractivity contribution < 1.29 is 4.79 Å². The molecule has 0 radical (unpaired) electrons. The van der Waals surface area contributed by atoms with E-state index in [-0.39, 0.29) is 5.91 Å². The molecule has 0 N–H and O–H groups in total. The molecule has 1 fully saturated rings. The molecule has 5 heteroatoms. The SMILES string of the molecule is CCCn1cc(C(=O)N2CCN([C@H]3CCc4ccccc4C3)CC2)c(C)n1. The summed E-state index contributed by atoms with van der Waals surface area (Å²) in [6.07, 6.45) is 6.50. The molecule has 0 bridgehead atoms. The van der Waals surface area contributed by atoms with Gasteiger partial charge in [-0.05, 0) is 43.7 Å². The summed E-state index contributed by atoms with van der Waals surface area (Å²) in [4.78, 5) is 17.5. The second-order valence-corrected chi connectivity index (χ2v) is 7.88. The van der Waals surface area contributed by atoms with Gasteiger partial charge in [0.05, 0.1) is 11.3 Å². The van der Waals surface area contributed by atoms with E-state index in [1.165, 1.54) is 24.0 Å². The van der Waals surface area contributed by atoms with Gasteiger partial charge in [-0.1, -0.05) is 31.2 Å². The Balaban J connectivity index is 1.36. The third-order valence-electron chi connectivity index (χ3n) is 6.07. The molecule has 0 spiro atoms. The molecular formula is C22H30N4O. The van der Waals surface area contributed by atoms with Crippen molar-refractivity contribution in [3.05, 3.63) is 52.8 Å². The molecule has 4 rings (SSSR count). The number of hydrogen-bond acceptors (Lipinski definition) is 3. The minimum atomic E-state index is 0.142. The van der Waals surface area contributed by atoms with Crippen LogP contribution < -0.4 is 0 Å². The molecule has 1 amide bonds. The normalized spacial score (nSPS) is 20.5. The number of hydrogen-bond donors (Lipinski definition) is 0. The Kier molecular flexibility index (Phi) is 5.30. The minimum absolute atomic E-state index is 0.142. The monoisotopic (exact) mass is 366 g/mol. The first-order chi connectivity index (χ1) is 13.2. The third kappa shape index (κ3) is 3.79. The van der Waals surface area contributed by atoms with Gasteiger partial charge in [0, 0.05) is 45.0 Å². The van der Waals surface area contributed by atoms with E-state index in [2.05, 4.69) is 41.2 Å². The van der Waals surface area contributed by atoms with Gasteiger partial charge in [-0.2, -0.15) is 5.10 Å². The Bertz CT molecular complexity index is 804. The standard InChI is InChI=1S/C22H30N4O/c1-3-10-26-16-21(17(2)23-26)22(27)25-13-11-24(12-14-25)20-9-8-18-6-4-5-7-19(18)15-20/h4-7,16,20H,3,8-15H2,1-2H3/t20-/m0/s1. The number of nitrogens with zero attached hydrogens (tertiary/aromatic N) is 4. The van der Waals surface area contributed by atoms with Crippen molar-refractivity contribution in [2.45, 2.75) is 52.1 Å². The maximum absolute atomic E-state index is 12.9. The molecule has 1 aliphatic carbocycles. The van der Waals surface area contributed by atoms with Crippen molar-refractivity contribution in [1.82, 2.24) is 19.6 Å². The lowest BCUT2D eigenvalue weighted by Gasteiger charge is -2.41. The predicted molar refractivity (Wildman–Crippen MR) is 107 cm³/mol. The highest BCUT2D eigenvalue weighted by atomic mass is 16.2. The van der Waals surface area contributed by atoms with E-state index < -0.39 is 0 Å². The number of carbonyl (C=O) groups is 1. The van der Waals surface area contributed by atoms with Crippen LogP contribution in [-0.2, 0) is 19.4 Å². The average Bonchev–Trinajstić information content (AvgIpc) is 3.07. The molecule has 0 unspecified atom stereocenters. The van der Waals surface area contributed by atoms with E-state index in [0.717, 1.165) is 56.8 Å². The molecule has 5 nitrogen and oxygen atoms in total. The highest BCUT2D eigenvalue weighted by Crippen LogP contribution is 2.25. The number of aromatic nitrogens is 2. The number of carbonyl (C=O) groups excluding carboxylic acids is 1. The zero-order valence-corrected chi connectivity index (χ0v) is 16.5. The van der Waals surface area contributed by atoms with Crippen LogP contribution in [0.3, 0.4) is 0 Å². The average molecular weight is 367 g/mol. The van der Waals surface area contributed by atoms with Gasteiger partial charge >= 0.3 is 0 Å². The number of benzene rings is 1. The van der Waals surface area contributed by atoms with Crippen LogP contribution in [0.5, 0.6) is 0 Å². The van der Waals surface area contributed by atoms with E-state index >= 15 is 0 Å². The van der Waals surface area contributed by atoms with Crippen molar-refractivity contribution in [3.63, 3.8) is 0 Å². The predicted octanol–water partition coefficient (Wildman–Crippen LogP) is 2.92. The first-order valence-electron chi connectivity index (χ1n) is 10.3. The van der Waals surface area contributed by atoms with Crippen molar-refractivity contribution in [3.8, 4) is 0 Å². The summed E-state index contributed by atoms with van der Waals surface area (Å²) in [6, 6.07) is 9.46. The van der Waals surface area contributed by atoms with Gasteiger partial charge < -0.3 is 4.90 Å². The molecule has 1 saturated heterocycles. The molecule has 0 saturated carbocycles. The van der Waals surface area contributed by atoms with Gasteiger partial charge in [0.25, 0.3) is 5.91 Å². The van der Waals surface area contributed by atoms with Crippen molar-refractivity contribution in [2.75, 3.05) is 26.2 Å². The van der Waals surface area contributed by atoms with Crippen molar-refractivity contribution in [1.29, 1.82) is 0 Å². The lowest BCUT2D eigenvalue weighted by Crippen LogP contribution is -2.53. The molecule has 144 valence electrons. The van der Waals surface area contributed by atoms with E-state index in [1.807, 2.05) is 22.7 Å². The Hall–Kier alpha value is -2.14. The van der Waals surface area contributed by atoms with Crippen molar-refractivity contribution in [2.24, 2.45) is 0 Å². The highest BCUT2D eigenvalue weighted by molar-refractivity contribution is 5.95. The fourth-order valence-corrected chi connectivity index (χ4v) is 4.52. The Morgan fingerprint density at radius 3 is 2.63 bits per heavy atom. The van der Waals surface area contributed by atoms with Crippen LogP contribution in [0.2, 0.25) is 0 Å². The fraction of sp³-hybridized carbons (Fsp3) is 0.545. The number of aryl methyl sites for hydroxylation is 3. The summed E-state index contributed by atoms with van der Waals surface area (Å²) in [5.41, 5.74) is 4.64.